The molecule has 7 nitrogen and oxygen atoms in total. The van der Waals surface area contributed by atoms with Gasteiger partial charge in [0.05, 0.1) is 0 Å². The molecule has 1 spiro atoms. The van der Waals surface area contributed by atoms with Gasteiger partial charge in [0.15, 0.2) is 0 Å². The summed E-state index contributed by atoms with van der Waals surface area (Å²) in [6.07, 6.45) is 1.81. The number of nitrogens with zero attached hydrogens (tertiary/aromatic N) is 1. The summed E-state index contributed by atoms with van der Waals surface area (Å²) >= 11 is 0. The first kappa shape index (κ1) is 23.1. The van der Waals surface area contributed by atoms with Crippen LogP contribution < -0.4 is 10.6 Å². The molecule has 2 saturated heterocycles. The molecule has 2 aliphatic rings. The van der Waals surface area contributed by atoms with E-state index in [2.05, 4.69) is 52.2 Å². The van der Waals surface area contributed by atoms with Gasteiger partial charge in [-0.25, -0.2) is 4.79 Å². The van der Waals surface area contributed by atoms with Crippen LogP contribution >= 0.6 is 0 Å². The summed E-state index contributed by atoms with van der Waals surface area (Å²) in [5.74, 6) is 0.0914. The molecule has 2 heterocycles. The summed E-state index contributed by atoms with van der Waals surface area (Å²) in [6.45, 7) is 13.3. The number of phenolic OH excluding ortho intramolecular Hbond substituents is 1. The minimum Gasteiger partial charge on any atom is -0.507 e. The van der Waals surface area contributed by atoms with Crippen molar-refractivity contribution in [1.29, 1.82) is 0 Å². The van der Waals surface area contributed by atoms with Crippen LogP contribution in [0.4, 0.5) is 4.79 Å². The summed E-state index contributed by atoms with van der Waals surface area (Å²) < 4.78 is 0. The third-order valence-electron chi connectivity index (χ3n) is 6.40. The van der Waals surface area contributed by atoms with E-state index < -0.39 is 11.6 Å². The van der Waals surface area contributed by atoms with Gasteiger partial charge < -0.3 is 15.3 Å². The van der Waals surface area contributed by atoms with Crippen LogP contribution in [-0.4, -0.2) is 46.5 Å². The quantitative estimate of drug-likeness (QED) is 0.643. The number of hydrogen-bond acceptors (Lipinski definition) is 4. The topological polar surface area (TPSA) is 98.7 Å². The van der Waals surface area contributed by atoms with E-state index in [1.54, 1.807) is 4.90 Å². The summed E-state index contributed by atoms with van der Waals surface area (Å²) in [4.78, 5) is 38.2. The van der Waals surface area contributed by atoms with Crippen molar-refractivity contribution in [3.63, 3.8) is 0 Å². The second-order valence-electron chi connectivity index (χ2n) is 10.9. The fourth-order valence-electron chi connectivity index (χ4n) is 4.41. The number of phenols is 1. The van der Waals surface area contributed by atoms with Gasteiger partial charge in [-0.2, -0.15) is 0 Å². The number of urea groups is 1. The Morgan fingerprint density at radius 1 is 1.03 bits per heavy atom. The van der Waals surface area contributed by atoms with Crippen molar-refractivity contribution in [3.05, 3.63) is 28.8 Å². The number of aromatic hydroxyl groups is 1. The molecule has 4 amide bonds. The Kier molecular flexibility index (Phi) is 5.84. The van der Waals surface area contributed by atoms with Crippen molar-refractivity contribution >= 4 is 17.8 Å². The predicted molar refractivity (Wildman–Crippen MR) is 119 cm³/mol. The highest BCUT2D eigenvalue weighted by molar-refractivity contribution is 6.07. The Bertz CT molecular complexity index is 865. The molecule has 2 fully saturated rings. The summed E-state index contributed by atoms with van der Waals surface area (Å²) in [7, 11) is 0. The van der Waals surface area contributed by atoms with Crippen molar-refractivity contribution in [2.24, 2.45) is 0 Å². The number of rotatable bonds is 3. The number of likely N-dealkylation sites (tertiary alicyclic amines) is 1. The molecular weight excluding hydrogens is 394 g/mol. The van der Waals surface area contributed by atoms with Gasteiger partial charge in [-0.15, -0.1) is 0 Å². The minimum atomic E-state index is -0.867. The maximum Gasteiger partial charge on any atom is 0.322 e. The monoisotopic (exact) mass is 429 g/mol. The number of nitrogens with one attached hydrogen (secondary N) is 2. The van der Waals surface area contributed by atoms with Gasteiger partial charge in [0.25, 0.3) is 5.91 Å². The van der Waals surface area contributed by atoms with Gasteiger partial charge in [-0.05, 0) is 46.8 Å². The van der Waals surface area contributed by atoms with E-state index in [1.165, 1.54) is 0 Å². The van der Waals surface area contributed by atoms with Crippen molar-refractivity contribution in [3.8, 4) is 5.75 Å². The lowest BCUT2D eigenvalue weighted by molar-refractivity contribution is -0.135. The van der Waals surface area contributed by atoms with E-state index >= 15 is 0 Å². The average molecular weight is 430 g/mol. The lowest BCUT2D eigenvalue weighted by atomic mass is 9.78. The second kappa shape index (κ2) is 7.84. The molecule has 0 unspecified atom stereocenters. The molecule has 0 bridgehead atoms. The van der Waals surface area contributed by atoms with Gasteiger partial charge >= 0.3 is 6.03 Å². The average Bonchev–Trinajstić information content (AvgIpc) is 2.92. The highest BCUT2D eigenvalue weighted by atomic mass is 16.3. The summed E-state index contributed by atoms with van der Waals surface area (Å²) in [5.41, 5.74) is 1.54. The van der Waals surface area contributed by atoms with E-state index in [0.717, 1.165) is 16.7 Å². The molecule has 3 rings (SSSR count). The predicted octanol–water partition coefficient (Wildman–Crippen LogP) is 3.12. The lowest BCUT2D eigenvalue weighted by Gasteiger charge is -2.37. The number of piperidine rings is 1. The fourth-order valence-corrected chi connectivity index (χ4v) is 4.41. The van der Waals surface area contributed by atoms with Crippen LogP contribution in [-0.2, 0) is 26.8 Å². The Hall–Kier alpha value is -2.57. The maximum atomic E-state index is 12.8. The van der Waals surface area contributed by atoms with Crippen molar-refractivity contribution in [2.45, 2.75) is 83.6 Å². The molecule has 0 aromatic heterocycles. The number of carbonyl (C=O) groups excluding carboxylic acids is 3. The molecule has 2 aliphatic heterocycles. The molecule has 0 radical (unpaired) electrons. The zero-order valence-corrected chi connectivity index (χ0v) is 19.5. The smallest absolute Gasteiger partial charge is 0.322 e. The van der Waals surface area contributed by atoms with Gasteiger partial charge in [-0.1, -0.05) is 53.7 Å². The number of imide groups is 1. The Balaban J connectivity index is 1.69. The minimum absolute atomic E-state index is 0.0438. The molecule has 1 aromatic carbocycles. The fraction of sp³-hybridized carbons (Fsp3) is 0.625. The number of benzene rings is 1. The van der Waals surface area contributed by atoms with Gasteiger partial charge in [-0.3, -0.25) is 14.9 Å². The Labute approximate surface area is 184 Å². The molecule has 7 heteroatoms. The standard InChI is InChI=1S/C24H35N3O4/c1-22(2,3)16-13-15(14-17(19(16)29)23(4,5)6)7-8-18(28)27-11-9-24(10-12-27)20(30)25-21(31)26-24/h13-14,29H,7-12H2,1-6H3,(H2,25,26,30,31). The normalized spacial score (nSPS) is 18.8. The first-order valence-electron chi connectivity index (χ1n) is 11.0. The number of amides is 4. The van der Waals surface area contributed by atoms with Crippen LogP contribution in [0.1, 0.15) is 77.5 Å². The van der Waals surface area contributed by atoms with E-state index in [0.29, 0.717) is 44.5 Å². The van der Waals surface area contributed by atoms with Gasteiger partial charge in [0.2, 0.25) is 5.91 Å². The highest BCUT2D eigenvalue weighted by Gasteiger charge is 2.48. The molecule has 170 valence electrons. The number of aryl methyl sites for hydroxylation is 1. The maximum absolute atomic E-state index is 12.8. The molecule has 31 heavy (non-hydrogen) atoms. The van der Waals surface area contributed by atoms with Gasteiger partial charge in [0.1, 0.15) is 11.3 Å². The van der Waals surface area contributed by atoms with Crippen molar-refractivity contribution < 1.29 is 19.5 Å². The molecule has 1 aromatic rings. The van der Waals surface area contributed by atoms with E-state index in [4.69, 9.17) is 0 Å². The summed E-state index contributed by atoms with van der Waals surface area (Å²) in [6, 6.07) is 3.57. The van der Waals surface area contributed by atoms with Crippen LogP contribution in [0.3, 0.4) is 0 Å². The first-order chi connectivity index (χ1) is 14.2. The molecule has 0 aliphatic carbocycles. The van der Waals surface area contributed by atoms with Crippen LogP contribution in [0.5, 0.6) is 5.75 Å². The number of hydrogen-bond donors (Lipinski definition) is 3. The zero-order valence-electron chi connectivity index (χ0n) is 19.5. The van der Waals surface area contributed by atoms with Crippen LogP contribution in [0.25, 0.3) is 0 Å². The van der Waals surface area contributed by atoms with Crippen LogP contribution in [0.15, 0.2) is 12.1 Å². The Morgan fingerprint density at radius 3 is 1.97 bits per heavy atom. The highest BCUT2D eigenvalue weighted by Crippen LogP contribution is 2.40. The SMILES string of the molecule is CC(C)(C)c1cc(CCC(=O)N2CCC3(CC2)NC(=O)NC3=O)cc(C(C)(C)C)c1O. The Morgan fingerprint density at radius 2 is 1.55 bits per heavy atom. The van der Waals surface area contributed by atoms with Crippen LogP contribution in [0.2, 0.25) is 0 Å². The van der Waals surface area contributed by atoms with E-state index in [1.807, 2.05) is 12.1 Å². The van der Waals surface area contributed by atoms with Crippen molar-refractivity contribution in [1.82, 2.24) is 15.5 Å². The van der Waals surface area contributed by atoms with Crippen molar-refractivity contribution in [2.75, 3.05) is 13.1 Å². The van der Waals surface area contributed by atoms with Gasteiger partial charge in [0, 0.05) is 19.5 Å². The first-order valence-corrected chi connectivity index (χ1v) is 11.0. The zero-order chi connectivity index (χ0) is 23.2. The third-order valence-corrected chi connectivity index (χ3v) is 6.40. The molecule has 0 saturated carbocycles. The molecule has 3 N–H and O–H groups in total. The summed E-state index contributed by atoms with van der Waals surface area (Å²) in [5, 5.41) is 15.9. The largest absolute Gasteiger partial charge is 0.507 e. The van der Waals surface area contributed by atoms with E-state index in [-0.39, 0.29) is 22.6 Å². The third kappa shape index (κ3) is 4.70. The lowest BCUT2D eigenvalue weighted by Crippen LogP contribution is -2.55. The number of carbonyl (C=O) groups is 3. The molecular formula is C24H35N3O4. The second-order valence-corrected chi connectivity index (χ2v) is 10.9. The van der Waals surface area contributed by atoms with Crippen LogP contribution in [0, 0.1) is 0 Å². The molecule has 0 atom stereocenters. The van der Waals surface area contributed by atoms with E-state index in [9.17, 15) is 19.5 Å².